The first-order valence-corrected chi connectivity index (χ1v) is 12.6. The maximum Gasteiger partial charge on any atom is 0.253 e. The SMILES string of the molecule is CN1CCN(C(=O)c2ccc(NC(=O)CCn3c4ccccc4c4nc5ccccc5nc43)cc2)CC1. The predicted octanol–water partition coefficient (Wildman–Crippen LogP) is 4.15. The van der Waals surface area contributed by atoms with Crippen LogP contribution in [-0.2, 0) is 11.3 Å². The minimum absolute atomic E-state index is 0.0333. The molecule has 5 aromatic rings. The van der Waals surface area contributed by atoms with E-state index in [2.05, 4.69) is 21.8 Å². The maximum absolute atomic E-state index is 12.8. The van der Waals surface area contributed by atoms with Gasteiger partial charge in [-0.2, -0.15) is 0 Å². The first-order chi connectivity index (χ1) is 18.1. The van der Waals surface area contributed by atoms with Gasteiger partial charge in [-0.25, -0.2) is 9.97 Å². The molecule has 0 saturated carbocycles. The van der Waals surface area contributed by atoms with Gasteiger partial charge < -0.3 is 19.7 Å². The van der Waals surface area contributed by atoms with Gasteiger partial charge in [0, 0.05) is 55.8 Å². The zero-order chi connectivity index (χ0) is 25.4. The van der Waals surface area contributed by atoms with Gasteiger partial charge in [0.1, 0.15) is 5.52 Å². The number of hydrogen-bond acceptors (Lipinski definition) is 5. The van der Waals surface area contributed by atoms with E-state index in [0.717, 1.165) is 59.3 Å². The summed E-state index contributed by atoms with van der Waals surface area (Å²) in [6.45, 7) is 3.71. The van der Waals surface area contributed by atoms with Crippen LogP contribution >= 0.6 is 0 Å². The third-order valence-electron chi connectivity index (χ3n) is 7.03. The van der Waals surface area contributed by atoms with E-state index in [-0.39, 0.29) is 18.2 Å². The van der Waals surface area contributed by atoms with Crippen LogP contribution in [-0.4, -0.2) is 69.4 Å². The van der Waals surface area contributed by atoms with Crippen LogP contribution in [0.15, 0.2) is 72.8 Å². The second-order valence-corrected chi connectivity index (χ2v) is 9.52. The highest BCUT2D eigenvalue weighted by Gasteiger charge is 2.20. The van der Waals surface area contributed by atoms with E-state index in [0.29, 0.717) is 17.8 Å². The standard InChI is InChI=1S/C29H28N6O2/c1-33-16-18-34(19-17-33)29(37)20-10-12-21(13-11-20)30-26(36)14-15-35-25-9-5-2-6-22(25)27-28(35)32-24-8-4-3-7-23(24)31-27/h2-13H,14-19H2,1H3,(H,30,36). The molecule has 1 fully saturated rings. The Kier molecular flexibility index (Phi) is 6.02. The molecule has 1 aliphatic rings. The minimum Gasteiger partial charge on any atom is -0.336 e. The first-order valence-electron chi connectivity index (χ1n) is 12.6. The lowest BCUT2D eigenvalue weighted by atomic mass is 10.1. The summed E-state index contributed by atoms with van der Waals surface area (Å²) < 4.78 is 2.07. The van der Waals surface area contributed by atoms with Crippen molar-refractivity contribution >= 4 is 50.6 Å². The average Bonchev–Trinajstić information content (AvgIpc) is 3.23. The molecule has 0 spiro atoms. The molecule has 3 heterocycles. The Hall–Kier alpha value is -4.30. The van der Waals surface area contributed by atoms with Crippen molar-refractivity contribution in [3.8, 4) is 0 Å². The Labute approximate surface area is 214 Å². The molecule has 8 heteroatoms. The second kappa shape index (κ2) is 9.63. The zero-order valence-corrected chi connectivity index (χ0v) is 20.7. The lowest BCUT2D eigenvalue weighted by Crippen LogP contribution is -2.47. The molecule has 1 aliphatic heterocycles. The van der Waals surface area contributed by atoms with E-state index in [9.17, 15) is 9.59 Å². The number of amides is 2. The maximum atomic E-state index is 12.8. The average molecular weight is 493 g/mol. The van der Waals surface area contributed by atoms with E-state index >= 15 is 0 Å². The number of aryl methyl sites for hydroxylation is 1. The molecule has 0 aliphatic carbocycles. The van der Waals surface area contributed by atoms with Crippen LogP contribution in [0.2, 0.25) is 0 Å². The van der Waals surface area contributed by atoms with Crippen molar-refractivity contribution in [2.24, 2.45) is 0 Å². The predicted molar refractivity (Wildman–Crippen MR) is 146 cm³/mol. The number of aromatic nitrogens is 3. The molecule has 37 heavy (non-hydrogen) atoms. The molecule has 186 valence electrons. The van der Waals surface area contributed by atoms with Gasteiger partial charge in [0.2, 0.25) is 5.91 Å². The summed E-state index contributed by atoms with van der Waals surface area (Å²) in [5, 5.41) is 3.99. The van der Waals surface area contributed by atoms with Crippen LogP contribution in [0.4, 0.5) is 5.69 Å². The number of rotatable bonds is 5. The van der Waals surface area contributed by atoms with Crippen molar-refractivity contribution in [2.45, 2.75) is 13.0 Å². The molecule has 0 atom stereocenters. The van der Waals surface area contributed by atoms with E-state index in [1.807, 2.05) is 53.4 Å². The largest absolute Gasteiger partial charge is 0.336 e. The van der Waals surface area contributed by atoms with E-state index < -0.39 is 0 Å². The van der Waals surface area contributed by atoms with Crippen LogP contribution in [0, 0.1) is 0 Å². The Bertz CT molecular complexity index is 1620. The number of anilines is 1. The van der Waals surface area contributed by atoms with E-state index in [4.69, 9.17) is 9.97 Å². The summed E-state index contributed by atoms with van der Waals surface area (Å²) in [5.41, 5.74) is 5.62. The number of carbonyl (C=O) groups is 2. The quantitative estimate of drug-likeness (QED) is 0.399. The number of para-hydroxylation sites is 3. The second-order valence-electron chi connectivity index (χ2n) is 9.52. The molecule has 2 aromatic heterocycles. The van der Waals surface area contributed by atoms with Gasteiger partial charge in [0.05, 0.1) is 16.6 Å². The van der Waals surface area contributed by atoms with Crippen molar-refractivity contribution < 1.29 is 9.59 Å². The topological polar surface area (TPSA) is 83.4 Å². The highest BCUT2D eigenvalue weighted by molar-refractivity contribution is 6.06. The summed E-state index contributed by atoms with van der Waals surface area (Å²) >= 11 is 0. The number of nitrogens with zero attached hydrogens (tertiary/aromatic N) is 5. The van der Waals surface area contributed by atoms with Crippen molar-refractivity contribution in [1.29, 1.82) is 0 Å². The fourth-order valence-corrected chi connectivity index (χ4v) is 4.93. The fraction of sp³-hybridized carbons (Fsp3) is 0.241. The number of hydrogen-bond donors (Lipinski definition) is 1. The Morgan fingerprint density at radius 1 is 0.838 bits per heavy atom. The van der Waals surface area contributed by atoms with Crippen LogP contribution in [0.1, 0.15) is 16.8 Å². The van der Waals surface area contributed by atoms with Crippen molar-refractivity contribution in [2.75, 3.05) is 38.5 Å². The van der Waals surface area contributed by atoms with Gasteiger partial charge in [-0.15, -0.1) is 0 Å². The number of benzene rings is 3. The summed E-state index contributed by atoms with van der Waals surface area (Å²) in [4.78, 5) is 39.5. The number of fused-ring (bicyclic) bond motifs is 4. The lowest BCUT2D eigenvalue weighted by Gasteiger charge is -2.32. The molecule has 8 nitrogen and oxygen atoms in total. The molecular weight excluding hydrogens is 464 g/mol. The van der Waals surface area contributed by atoms with Crippen LogP contribution < -0.4 is 5.32 Å². The van der Waals surface area contributed by atoms with Crippen molar-refractivity contribution in [3.05, 3.63) is 78.4 Å². The smallest absolute Gasteiger partial charge is 0.253 e. The number of piperazine rings is 1. The number of likely N-dealkylation sites (N-methyl/N-ethyl adjacent to an activating group) is 1. The van der Waals surface area contributed by atoms with Gasteiger partial charge in [-0.1, -0.05) is 30.3 Å². The van der Waals surface area contributed by atoms with Crippen molar-refractivity contribution in [3.63, 3.8) is 0 Å². The number of nitrogens with one attached hydrogen (secondary N) is 1. The van der Waals surface area contributed by atoms with Gasteiger partial charge in [-0.05, 0) is 49.5 Å². The van der Waals surface area contributed by atoms with E-state index in [1.165, 1.54) is 0 Å². The van der Waals surface area contributed by atoms with Crippen molar-refractivity contribution in [1.82, 2.24) is 24.3 Å². The highest BCUT2D eigenvalue weighted by atomic mass is 16.2. The monoisotopic (exact) mass is 492 g/mol. The molecular formula is C29H28N6O2. The normalized spacial score (nSPS) is 14.5. The molecule has 2 amide bonds. The van der Waals surface area contributed by atoms with E-state index in [1.54, 1.807) is 24.3 Å². The highest BCUT2D eigenvalue weighted by Crippen LogP contribution is 2.28. The van der Waals surface area contributed by atoms with Gasteiger partial charge >= 0.3 is 0 Å². The third kappa shape index (κ3) is 4.51. The summed E-state index contributed by atoms with van der Waals surface area (Å²) in [6, 6.07) is 23.0. The Morgan fingerprint density at radius 2 is 1.51 bits per heavy atom. The molecule has 3 aromatic carbocycles. The lowest BCUT2D eigenvalue weighted by molar-refractivity contribution is -0.116. The molecule has 1 saturated heterocycles. The molecule has 0 bridgehead atoms. The van der Waals surface area contributed by atoms with Gasteiger partial charge in [0.15, 0.2) is 5.65 Å². The number of carbonyl (C=O) groups excluding carboxylic acids is 2. The molecule has 0 unspecified atom stereocenters. The molecule has 6 rings (SSSR count). The Morgan fingerprint density at radius 3 is 2.27 bits per heavy atom. The molecule has 0 radical (unpaired) electrons. The summed E-state index contributed by atoms with van der Waals surface area (Å²) in [5.74, 6) is -0.0659. The fourth-order valence-electron chi connectivity index (χ4n) is 4.93. The first kappa shape index (κ1) is 23.1. The van der Waals surface area contributed by atoms with Crippen LogP contribution in [0.25, 0.3) is 33.1 Å². The van der Waals surface area contributed by atoms with Gasteiger partial charge in [0.25, 0.3) is 5.91 Å². The third-order valence-corrected chi connectivity index (χ3v) is 7.03. The zero-order valence-electron chi connectivity index (χ0n) is 20.7. The van der Waals surface area contributed by atoms with Crippen LogP contribution in [0.3, 0.4) is 0 Å². The minimum atomic E-state index is -0.0992. The molecule has 1 N–H and O–H groups in total. The van der Waals surface area contributed by atoms with Gasteiger partial charge in [-0.3, -0.25) is 9.59 Å². The summed E-state index contributed by atoms with van der Waals surface area (Å²) in [6.07, 6.45) is 0.282. The van der Waals surface area contributed by atoms with Crippen LogP contribution in [0.5, 0.6) is 0 Å². The Balaban J connectivity index is 1.17. The summed E-state index contributed by atoms with van der Waals surface area (Å²) in [7, 11) is 2.07.